The predicted octanol–water partition coefficient (Wildman–Crippen LogP) is 1.94. The van der Waals surface area contributed by atoms with Crippen LogP contribution in [0.25, 0.3) is 0 Å². The number of hydrogen-bond acceptors (Lipinski definition) is 3. The van der Waals surface area contributed by atoms with Crippen molar-refractivity contribution in [3.63, 3.8) is 0 Å². The van der Waals surface area contributed by atoms with Gasteiger partial charge in [0.1, 0.15) is 0 Å². The summed E-state index contributed by atoms with van der Waals surface area (Å²) in [5.74, 6) is -1.61. The molecule has 0 unspecified atom stereocenters. The highest BCUT2D eigenvalue weighted by Crippen LogP contribution is 2.16. The Bertz CT molecular complexity index is 137. The van der Waals surface area contributed by atoms with E-state index in [0.717, 1.165) is 12.8 Å². The standard InChI is InChI=1S/C11H25NO2/c1-4-6-7-8-9-10-11(13,14)12(3)5-2/h13-14H,4-10H2,1-3H3. The van der Waals surface area contributed by atoms with Crippen molar-refractivity contribution in [1.82, 2.24) is 4.90 Å². The highest BCUT2D eigenvalue weighted by molar-refractivity contribution is 4.63. The maximum atomic E-state index is 9.62. The van der Waals surface area contributed by atoms with Crippen LogP contribution in [0.3, 0.4) is 0 Å². The van der Waals surface area contributed by atoms with E-state index in [2.05, 4.69) is 6.92 Å². The molecule has 0 saturated heterocycles. The van der Waals surface area contributed by atoms with Gasteiger partial charge in [-0.3, -0.25) is 4.90 Å². The van der Waals surface area contributed by atoms with Crippen LogP contribution in [0.4, 0.5) is 0 Å². The summed E-state index contributed by atoms with van der Waals surface area (Å²) in [6, 6.07) is 0. The fourth-order valence-corrected chi connectivity index (χ4v) is 1.41. The van der Waals surface area contributed by atoms with Crippen LogP contribution in [0, 0.1) is 0 Å². The number of rotatable bonds is 8. The second kappa shape index (κ2) is 7.21. The van der Waals surface area contributed by atoms with Crippen LogP contribution in [0.1, 0.15) is 52.4 Å². The molecule has 0 aromatic rings. The average Bonchev–Trinajstić information content (AvgIpc) is 2.16. The topological polar surface area (TPSA) is 43.7 Å². The first kappa shape index (κ1) is 13.9. The van der Waals surface area contributed by atoms with E-state index in [1.807, 2.05) is 6.92 Å². The predicted molar refractivity (Wildman–Crippen MR) is 58.8 cm³/mol. The van der Waals surface area contributed by atoms with Crippen molar-refractivity contribution in [3.05, 3.63) is 0 Å². The van der Waals surface area contributed by atoms with Crippen molar-refractivity contribution in [2.75, 3.05) is 13.6 Å². The number of nitrogens with zero attached hydrogens (tertiary/aromatic N) is 1. The molecular weight excluding hydrogens is 178 g/mol. The highest BCUT2D eigenvalue weighted by atomic mass is 16.5. The van der Waals surface area contributed by atoms with Crippen molar-refractivity contribution < 1.29 is 10.2 Å². The van der Waals surface area contributed by atoms with Gasteiger partial charge in [-0.1, -0.05) is 39.5 Å². The smallest absolute Gasteiger partial charge is 0.224 e. The van der Waals surface area contributed by atoms with Crippen LogP contribution < -0.4 is 0 Å². The third-order valence-corrected chi connectivity index (χ3v) is 2.70. The zero-order valence-electron chi connectivity index (χ0n) is 9.79. The first-order chi connectivity index (χ1) is 6.54. The fraction of sp³-hybridized carbons (Fsp3) is 1.00. The minimum absolute atomic E-state index is 0.445. The summed E-state index contributed by atoms with van der Waals surface area (Å²) in [5, 5.41) is 19.2. The minimum Gasteiger partial charge on any atom is -0.353 e. The third kappa shape index (κ3) is 5.58. The van der Waals surface area contributed by atoms with Gasteiger partial charge in [-0.05, 0) is 20.0 Å². The van der Waals surface area contributed by atoms with Gasteiger partial charge in [0.25, 0.3) is 0 Å². The quantitative estimate of drug-likeness (QED) is 0.468. The molecule has 0 fully saturated rings. The molecule has 14 heavy (non-hydrogen) atoms. The van der Waals surface area contributed by atoms with Crippen molar-refractivity contribution in [2.24, 2.45) is 0 Å². The molecule has 86 valence electrons. The van der Waals surface area contributed by atoms with Gasteiger partial charge in [0, 0.05) is 6.42 Å². The summed E-state index contributed by atoms with van der Waals surface area (Å²) in [7, 11) is 1.73. The molecule has 3 heteroatoms. The lowest BCUT2D eigenvalue weighted by molar-refractivity contribution is -0.259. The Morgan fingerprint density at radius 2 is 1.57 bits per heavy atom. The Morgan fingerprint density at radius 1 is 1.00 bits per heavy atom. The fourth-order valence-electron chi connectivity index (χ4n) is 1.41. The van der Waals surface area contributed by atoms with Crippen LogP contribution in [-0.4, -0.2) is 34.6 Å². The molecule has 0 aromatic carbocycles. The summed E-state index contributed by atoms with van der Waals surface area (Å²) < 4.78 is 0. The molecule has 0 aromatic heterocycles. The Hall–Kier alpha value is -0.120. The average molecular weight is 203 g/mol. The molecule has 0 aliphatic heterocycles. The Labute approximate surface area is 87.7 Å². The number of hydrogen-bond donors (Lipinski definition) is 2. The van der Waals surface area contributed by atoms with E-state index in [4.69, 9.17) is 0 Å². The molecule has 0 spiro atoms. The summed E-state index contributed by atoms with van der Waals surface area (Å²) in [6.07, 6.45) is 6.08. The molecule has 0 aliphatic rings. The minimum atomic E-state index is -1.61. The summed E-state index contributed by atoms with van der Waals surface area (Å²) in [4.78, 5) is 1.56. The van der Waals surface area contributed by atoms with E-state index in [-0.39, 0.29) is 0 Å². The first-order valence-corrected chi connectivity index (χ1v) is 5.70. The van der Waals surface area contributed by atoms with E-state index in [1.165, 1.54) is 19.3 Å². The van der Waals surface area contributed by atoms with E-state index in [1.54, 1.807) is 11.9 Å². The summed E-state index contributed by atoms with van der Waals surface area (Å²) >= 11 is 0. The van der Waals surface area contributed by atoms with Crippen LogP contribution in [-0.2, 0) is 0 Å². The molecule has 0 radical (unpaired) electrons. The normalized spacial score (nSPS) is 12.4. The maximum absolute atomic E-state index is 9.62. The van der Waals surface area contributed by atoms with Crippen molar-refractivity contribution in [2.45, 2.75) is 58.3 Å². The van der Waals surface area contributed by atoms with E-state index in [0.29, 0.717) is 13.0 Å². The van der Waals surface area contributed by atoms with E-state index >= 15 is 0 Å². The van der Waals surface area contributed by atoms with Gasteiger partial charge in [-0.15, -0.1) is 0 Å². The van der Waals surface area contributed by atoms with Crippen molar-refractivity contribution >= 4 is 0 Å². The van der Waals surface area contributed by atoms with E-state index in [9.17, 15) is 10.2 Å². The van der Waals surface area contributed by atoms with Gasteiger partial charge < -0.3 is 10.2 Å². The van der Waals surface area contributed by atoms with Gasteiger partial charge in [-0.25, -0.2) is 0 Å². The lowest BCUT2D eigenvalue weighted by Crippen LogP contribution is -2.46. The Balaban J connectivity index is 3.55. The summed E-state index contributed by atoms with van der Waals surface area (Å²) in [5.41, 5.74) is 0. The summed E-state index contributed by atoms with van der Waals surface area (Å²) in [6.45, 7) is 4.74. The largest absolute Gasteiger partial charge is 0.353 e. The van der Waals surface area contributed by atoms with Crippen LogP contribution >= 0.6 is 0 Å². The van der Waals surface area contributed by atoms with Crippen LogP contribution in [0.15, 0.2) is 0 Å². The van der Waals surface area contributed by atoms with Crippen LogP contribution in [0.5, 0.6) is 0 Å². The van der Waals surface area contributed by atoms with E-state index < -0.39 is 5.91 Å². The zero-order chi connectivity index (χ0) is 11.0. The molecule has 2 N–H and O–H groups in total. The number of aliphatic hydroxyl groups is 2. The lowest BCUT2D eigenvalue weighted by atomic mass is 10.1. The highest BCUT2D eigenvalue weighted by Gasteiger charge is 2.26. The van der Waals surface area contributed by atoms with Gasteiger partial charge >= 0.3 is 0 Å². The SMILES string of the molecule is CCCCCCCC(O)(O)N(C)CC. The molecule has 0 rings (SSSR count). The Kier molecular flexibility index (Phi) is 7.15. The molecule has 0 saturated carbocycles. The molecule has 0 heterocycles. The zero-order valence-corrected chi connectivity index (χ0v) is 9.79. The first-order valence-electron chi connectivity index (χ1n) is 5.70. The Morgan fingerprint density at radius 3 is 2.07 bits per heavy atom. The molecule has 3 nitrogen and oxygen atoms in total. The van der Waals surface area contributed by atoms with Gasteiger partial charge in [0.15, 0.2) is 0 Å². The third-order valence-electron chi connectivity index (χ3n) is 2.70. The lowest BCUT2D eigenvalue weighted by Gasteiger charge is -2.31. The maximum Gasteiger partial charge on any atom is 0.224 e. The van der Waals surface area contributed by atoms with Crippen LogP contribution in [0.2, 0.25) is 0 Å². The second-order valence-corrected chi connectivity index (χ2v) is 3.95. The molecule has 0 atom stereocenters. The van der Waals surface area contributed by atoms with Gasteiger partial charge in [0.05, 0.1) is 0 Å². The molecule has 0 amide bonds. The molecule has 0 bridgehead atoms. The van der Waals surface area contributed by atoms with Crippen molar-refractivity contribution in [1.29, 1.82) is 0 Å². The molecule has 0 aliphatic carbocycles. The molecular formula is C11H25NO2. The van der Waals surface area contributed by atoms with Crippen molar-refractivity contribution in [3.8, 4) is 0 Å². The second-order valence-electron chi connectivity index (χ2n) is 3.95. The number of unbranched alkanes of at least 4 members (excludes halogenated alkanes) is 4. The van der Waals surface area contributed by atoms with Gasteiger partial charge in [-0.2, -0.15) is 0 Å². The monoisotopic (exact) mass is 203 g/mol. The van der Waals surface area contributed by atoms with Gasteiger partial charge in [0.2, 0.25) is 5.91 Å².